The van der Waals surface area contributed by atoms with Crippen molar-refractivity contribution in [1.82, 2.24) is 15.5 Å². The van der Waals surface area contributed by atoms with Crippen LogP contribution < -0.4 is 15.4 Å². The van der Waals surface area contributed by atoms with Crippen LogP contribution in [0.3, 0.4) is 0 Å². The van der Waals surface area contributed by atoms with Crippen LogP contribution in [0.15, 0.2) is 53.5 Å². The maximum absolute atomic E-state index is 5.25. The molecule has 0 spiro atoms. The Morgan fingerprint density at radius 1 is 0.960 bits per heavy atom. The highest BCUT2D eigenvalue weighted by Crippen LogP contribution is 2.12. The van der Waals surface area contributed by atoms with Gasteiger partial charge < -0.3 is 20.3 Å². The van der Waals surface area contributed by atoms with Crippen molar-refractivity contribution in [3.63, 3.8) is 0 Å². The highest BCUT2D eigenvalue weighted by atomic mass is 16.5. The second-order valence-corrected chi connectivity index (χ2v) is 6.19. The molecule has 25 heavy (non-hydrogen) atoms. The first-order valence-corrected chi connectivity index (χ1v) is 8.40. The molecule has 5 heteroatoms. The summed E-state index contributed by atoms with van der Waals surface area (Å²) in [4.78, 5) is 6.45. The third-order valence-corrected chi connectivity index (χ3v) is 3.77. The monoisotopic (exact) mass is 340 g/mol. The first-order chi connectivity index (χ1) is 12.1. The minimum absolute atomic E-state index is 0.692. The zero-order valence-corrected chi connectivity index (χ0v) is 15.5. The van der Waals surface area contributed by atoms with Crippen molar-refractivity contribution in [3.8, 4) is 5.75 Å². The van der Waals surface area contributed by atoms with Gasteiger partial charge in [-0.2, -0.15) is 0 Å². The van der Waals surface area contributed by atoms with Crippen LogP contribution in [0.1, 0.15) is 16.7 Å². The highest BCUT2D eigenvalue weighted by Gasteiger charge is 2.02. The number of guanidine groups is 1. The van der Waals surface area contributed by atoms with Crippen LogP contribution in [0.5, 0.6) is 5.75 Å². The van der Waals surface area contributed by atoms with Crippen molar-refractivity contribution in [1.29, 1.82) is 0 Å². The molecule has 134 valence electrons. The van der Waals surface area contributed by atoms with Gasteiger partial charge in [-0.1, -0.05) is 36.4 Å². The average molecular weight is 340 g/mol. The highest BCUT2D eigenvalue weighted by molar-refractivity contribution is 5.79. The molecule has 0 aromatic heterocycles. The van der Waals surface area contributed by atoms with Crippen LogP contribution in [0.25, 0.3) is 0 Å². The first kappa shape index (κ1) is 18.8. The van der Waals surface area contributed by atoms with E-state index in [1.54, 1.807) is 14.2 Å². The fourth-order valence-corrected chi connectivity index (χ4v) is 2.58. The standard InChI is InChI=1S/C20H28N4O/c1-21-20(23-14-17-8-6-10-19(12-17)25-4)22-13-16-7-5-9-18(11-16)15-24(2)3/h5-12H,13-15H2,1-4H3,(H2,21,22,23). The second kappa shape index (κ2) is 9.69. The molecule has 0 aliphatic carbocycles. The van der Waals surface area contributed by atoms with E-state index in [2.05, 4.69) is 65.0 Å². The molecule has 0 atom stereocenters. The van der Waals surface area contributed by atoms with Crippen LogP contribution in [0, 0.1) is 0 Å². The van der Waals surface area contributed by atoms with Crippen LogP contribution >= 0.6 is 0 Å². The summed E-state index contributed by atoms with van der Waals surface area (Å²) in [5.41, 5.74) is 3.70. The second-order valence-electron chi connectivity index (χ2n) is 6.19. The molecule has 2 aromatic rings. The van der Waals surface area contributed by atoms with Gasteiger partial charge in [0, 0.05) is 26.7 Å². The van der Waals surface area contributed by atoms with E-state index >= 15 is 0 Å². The molecule has 0 radical (unpaired) electrons. The molecule has 0 bridgehead atoms. The molecule has 0 saturated carbocycles. The minimum Gasteiger partial charge on any atom is -0.497 e. The number of nitrogens with one attached hydrogen (secondary N) is 2. The number of aliphatic imine (C=N–C) groups is 1. The quantitative estimate of drug-likeness (QED) is 0.601. The SMILES string of the molecule is CN=C(NCc1cccc(CN(C)C)c1)NCc1cccc(OC)c1. The number of hydrogen-bond acceptors (Lipinski definition) is 3. The summed E-state index contributed by atoms with van der Waals surface area (Å²) in [5.74, 6) is 1.64. The normalized spacial score (nSPS) is 11.5. The van der Waals surface area contributed by atoms with E-state index < -0.39 is 0 Å². The predicted molar refractivity (Wildman–Crippen MR) is 104 cm³/mol. The molecule has 0 fully saturated rings. The fraction of sp³-hybridized carbons (Fsp3) is 0.350. The molecule has 0 saturated heterocycles. The lowest BCUT2D eigenvalue weighted by Gasteiger charge is -2.14. The molecule has 5 nitrogen and oxygen atoms in total. The largest absolute Gasteiger partial charge is 0.497 e. The summed E-state index contributed by atoms with van der Waals surface area (Å²) in [6, 6.07) is 16.6. The maximum Gasteiger partial charge on any atom is 0.191 e. The zero-order chi connectivity index (χ0) is 18.1. The summed E-state index contributed by atoms with van der Waals surface area (Å²) >= 11 is 0. The van der Waals surface area contributed by atoms with E-state index in [0.717, 1.165) is 30.4 Å². The Hall–Kier alpha value is -2.53. The Labute approximate surface area is 150 Å². The number of nitrogens with zero attached hydrogens (tertiary/aromatic N) is 2. The molecular weight excluding hydrogens is 312 g/mol. The number of ether oxygens (including phenoxy) is 1. The van der Waals surface area contributed by atoms with Gasteiger partial charge in [-0.05, 0) is 42.9 Å². The van der Waals surface area contributed by atoms with Crippen LogP contribution in [0.2, 0.25) is 0 Å². The summed E-state index contributed by atoms with van der Waals surface area (Å²) in [6.45, 7) is 2.37. The lowest BCUT2D eigenvalue weighted by Crippen LogP contribution is -2.36. The van der Waals surface area contributed by atoms with Gasteiger partial charge in [0.1, 0.15) is 5.75 Å². The minimum atomic E-state index is 0.692. The van der Waals surface area contributed by atoms with Gasteiger partial charge >= 0.3 is 0 Å². The Morgan fingerprint density at radius 3 is 2.16 bits per heavy atom. The van der Waals surface area contributed by atoms with Gasteiger partial charge in [0.15, 0.2) is 5.96 Å². The van der Waals surface area contributed by atoms with E-state index in [9.17, 15) is 0 Å². The molecule has 2 N–H and O–H groups in total. The zero-order valence-electron chi connectivity index (χ0n) is 15.5. The lowest BCUT2D eigenvalue weighted by atomic mass is 10.1. The van der Waals surface area contributed by atoms with Gasteiger partial charge in [0.25, 0.3) is 0 Å². The van der Waals surface area contributed by atoms with E-state index in [1.165, 1.54) is 11.1 Å². The predicted octanol–water partition coefficient (Wildman–Crippen LogP) is 2.62. The molecule has 0 aliphatic rings. The van der Waals surface area contributed by atoms with Crippen LogP contribution in [-0.2, 0) is 19.6 Å². The van der Waals surface area contributed by atoms with Crippen molar-refractivity contribution in [2.24, 2.45) is 4.99 Å². The third kappa shape index (κ3) is 6.47. The van der Waals surface area contributed by atoms with Crippen LogP contribution in [-0.4, -0.2) is 39.1 Å². The molecule has 2 rings (SSSR count). The van der Waals surface area contributed by atoms with Crippen molar-refractivity contribution < 1.29 is 4.74 Å². The van der Waals surface area contributed by atoms with Gasteiger partial charge in [0.2, 0.25) is 0 Å². The molecule has 0 amide bonds. The summed E-state index contributed by atoms with van der Waals surface area (Å²) in [5, 5.41) is 6.69. The Kier molecular flexibility index (Phi) is 7.29. The maximum atomic E-state index is 5.25. The summed E-state index contributed by atoms with van der Waals surface area (Å²) < 4.78 is 5.25. The Morgan fingerprint density at radius 2 is 1.56 bits per heavy atom. The van der Waals surface area contributed by atoms with Crippen molar-refractivity contribution in [2.75, 3.05) is 28.3 Å². The van der Waals surface area contributed by atoms with E-state index in [-0.39, 0.29) is 0 Å². The average Bonchev–Trinajstić information content (AvgIpc) is 2.62. The number of methoxy groups -OCH3 is 1. The van der Waals surface area contributed by atoms with Gasteiger partial charge in [0.05, 0.1) is 7.11 Å². The fourth-order valence-electron chi connectivity index (χ4n) is 2.58. The van der Waals surface area contributed by atoms with Gasteiger partial charge in [-0.15, -0.1) is 0 Å². The summed E-state index contributed by atoms with van der Waals surface area (Å²) in [6.07, 6.45) is 0. The first-order valence-electron chi connectivity index (χ1n) is 8.40. The topological polar surface area (TPSA) is 48.9 Å². The lowest BCUT2D eigenvalue weighted by molar-refractivity contribution is 0.402. The van der Waals surface area contributed by atoms with Gasteiger partial charge in [-0.25, -0.2) is 0 Å². The van der Waals surface area contributed by atoms with E-state index in [1.807, 2.05) is 18.2 Å². The van der Waals surface area contributed by atoms with Crippen molar-refractivity contribution in [2.45, 2.75) is 19.6 Å². The molecular formula is C20H28N4O. The third-order valence-electron chi connectivity index (χ3n) is 3.77. The number of hydrogen-bond donors (Lipinski definition) is 2. The molecule has 0 aliphatic heterocycles. The van der Waals surface area contributed by atoms with Crippen LogP contribution in [0.4, 0.5) is 0 Å². The molecule has 0 heterocycles. The molecule has 2 aromatic carbocycles. The smallest absolute Gasteiger partial charge is 0.191 e. The number of benzene rings is 2. The van der Waals surface area contributed by atoms with E-state index in [0.29, 0.717) is 6.54 Å². The number of rotatable bonds is 7. The van der Waals surface area contributed by atoms with Crippen molar-refractivity contribution >= 4 is 5.96 Å². The van der Waals surface area contributed by atoms with E-state index in [4.69, 9.17) is 4.74 Å². The van der Waals surface area contributed by atoms with Crippen molar-refractivity contribution in [3.05, 3.63) is 65.2 Å². The Balaban J connectivity index is 1.88. The summed E-state index contributed by atoms with van der Waals surface area (Å²) in [7, 11) is 7.62. The van der Waals surface area contributed by atoms with Gasteiger partial charge in [-0.3, -0.25) is 4.99 Å². The molecule has 0 unspecified atom stereocenters. The Bertz CT molecular complexity index is 698.